The van der Waals surface area contributed by atoms with E-state index in [0.29, 0.717) is 0 Å². The van der Waals surface area contributed by atoms with Crippen LogP contribution in [0, 0.1) is 0 Å². The number of rotatable bonds is 2. The Morgan fingerprint density at radius 3 is 2.91 bits per heavy atom. The van der Waals surface area contributed by atoms with Crippen LogP contribution in [-0.4, -0.2) is 9.55 Å². The minimum absolute atomic E-state index is 0. The van der Waals surface area contributed by atoms with Crippen LogP contribution in [0.5, 0.6) is 0 Å². The third-order valence-electron chi connectivity index (χ3n) is 1.40. The molecule has 1 aromatic heterocycles. The van der Waals surface area contributed by atoms with Crippen LogP contribution in [-0.2, 0) is 6.54 Å². The quantitative estimate of drug-likeness (QED) is 0.670. The predicted octanol–water partition coefficient (Wildman–Crippen LogP) is 2.36. The van der Waals surface area contributed by atoms with E-state index in [-0.39, 0.29) is 12.4 Å². The van der Waals surface area contributed by atoms with E-state index in [1.165, 1.54) is 0 Å². The molecule has 1 aromatic rings. The van der Waals surface area contributed by atoms with Crippen LogP contribution in [0.1, 0.15) is 19.7 Å². The monoisotopic (exact) mass is 172 g/mol. The van der Waals surface area contributed by atoms with E-state index in [2.05, 4.69) is 16.5 Å². The van der Waals surface area contributed by atoms with E-state index in [1.807, 2.05) is 31.5 Å². The molecule has 3 heteroatoms. The summed E-state index contributed by atoms with van der Waals surface area (Å²) in [6.07, 6.45) is 7.80. The van der Waals surface area contributed by atoms with Gasteiger partial charge < -0.3 is 4.57 Å². The Kier molecular flexibility index (Phi) is 4.62. The van der Waals surface area contributed by atoms with Gasteiger partial charge in [-0.1, -0.05) is 6.08 Å². The zero-order chi connectivity index (χ0) is 7.40. The second kappa shape index (κ2) is 4.97. The fraction of sp³-hybridized carbons (Fsp3) is 0.375. The molecule has 62 valence electrons. The summed E-state index contributed by atoms with van der Waals surface area (Å²) in [5.74, 6) is 1.03. The van der Waals surface area contributed by atoms with Gasteiger partial charge in [0.05, 0.1) is 0 Å². The Labute approximate surface area is 73.4 Å². The van der Waals surface area contributed by atoms with Crippen molar-refractivity contribution in [2.45, 2.75) is 20.4 Å². The van der Waals surface area contributed by atoms with Crippen molar-refractivity contribution in [2.75, 3.05) is 0 Å². The van der Waals surface area contributed by atoms with Gasteiger partial charge in [0.25, 0.3) is 0 Å². The molecule has 0 fully saturated rings. The van der Waals surface area contributed by atoms with Crippen molar-refractivity contribution >= 4 is 18.5 Å². The Bertz CT molecular complexity index is 228. The Morgan fingerprint density at radius 2 is 2.36 bits per heavy atom. The third-order valence-corrected chi connectivity index (χ3v) is 1.40. The molecule has 0 radical (unpaired) electrons. The smallest absolute Gasteiger partial charge is 0.132 e. The summed E-state index contributed by atoms with van der Waals surface area (Å²) in [5.41, 5.74) is 0. The summed E-state index contributed by atoms with van der Waals surface area (Å²) in [7, 11) is 0. The van der Waals surface area contributed by atoms with Crippen LogP contribution >= 0.6 is 12.4 Å². The van der Waals surface area contributed by atoms with E-state index in [9.17, 15) is 0 Å². The van der Waals surface area contributed by atoms with Gasteiger partial charge in [0, 0.05) is 18.9 Å². The van der Waals surface area contributed by atoms with Crippen molar-refractivity contribution in [1.82, 2.24) is 9.55 Å². The Morgan fingerprint density at radius 1 is 1.64 bits per heavy atom. The van der Waals surface area contributed by atoms with E-state index >= 15 is 0 Å². The standard InChI is InChI=1S/C8H12N2.ClH/c1-3-5-8-9-6-7-10(8)4-2;/h3,5-7H,4H2,1-2H3;1H. The number of aryl methyl sites for hydroxylation is 1. The van der Waals surface area contributed by atoms with Gasteiger partial charge in [0.1, 0.15) is 5.82 Å². The molecule has 1 heterocycles. The third kappa shape index (κ3) is 2.39. The topological polar surface area (TPSA) is 17.8 Å². The number of allylic oxidation sites excluding steroid dienone is 1. The summed E-state index contributed by atoms with van der Waals surface area (Å²) in [6, 6.07) is 0. The normalized spacial score (nSPS) is 10.0. The first-order valence-corrected chi connectivity index (χ1v) is 3.52. The molecule has 0 bridgehead atoms. The number of halogens is 1. The molecule has 0 aromatic carbocycles. The number of hydrogen-bond donors (Lipinski definition) is 0. The van der Waals surface area contributed by atoms with Crippen LogP contribution in [0.3, 0.4) is 0 Å². The van der Waals surface area contributed by atoms with Gasteiger partial charge in [0.15, 0.2) is 0 Å². The SMILES string of the molecule is CC=Cc1nccn1CC.Cl. The fourth-order valence-corrected chi connectivity index (χ4v) is 0.896. The largest absolute Gasteiger partial charge is 0.332 e. The van der Waals surface area contributed by atoms with Crippen molar-refractivity contribution < 1.29 is 0 Å². The molecule has 0 aliphatic carbocycles. The summed E-state index contributed by atoms with van der Waals surface area (Å²) >= 11 is 0. The Hall–Kier alpha value is -0.760. The first kappa shape index (κ1) is 10.2. The van der Waals surface area contributed by atoms with Crippen LogP contribution < -0.4 is 0 Å². The van der Waals surface area contributed by atoms with Crippen molar-refractivity contribution in [3.05, 3.63) is 24.3 Å². The van der Waals surface area contributed by atoms with Gasteiger partial charge in [-0.3, -0.25) is 0 Å². The zero-order valence-corrected chi connectivity index (χ0v) is 7.64. The lowest BCUT2D eigenvalue weighted by Crippen LogP contribution is -1.94. The highest BCUT2D eigenvalue weighted by Gasteiger charge is 1.92. The van der Waals surface area contributed by atoms with E-state index in [1.54, 1.807) is 0 Å². The van der Waals surface area contributed by atoms with Crippen molar-refractivity contribution in [3.8, 4) is 0 Å². The maximum atomic E-state index is 4.15. The molecule has 0 atom stereocenters. The van der Waals surface area contributed by atoms with Gasteiger partial charge in [-0.15, -0.1) is 12.4 Å². The molecular weight excluding hydrogens is 160 g/mol. The fourth-order valence-electron chi connectivity index (χ4n) is 0.896. The lowest BCUT2D eigenvalue weighted by molar-refractivity contribution is 0.752. The van der Waals surface area contributed by atoms with Crippen LogP contribution in [0.15, 0.2) is 18.5 Å². The maximum absolute atomic E-state index is 4.15. The Balaban J connectivity index is 0.000001000. The number of nitrogens with zero attached hydrogens (tertiary/aromatic N) is 2. The molecule has 0 saturated heterocycles. The molecule has 1 rings (SSSR count). The zero-order valence-electron chi connectivity index (χ0n) is 6.82. The minimum atomic E-state index is 0. The van der Waals surface area contributed by atoms with Crippen molar-refractivity contribution in [1.29, 1.82) is 0 Å². The minimum Gasteiger partial charge on any atom is -0.332 e. The molecule has 0 aliphatic rings. The molecule has 0 N–H and O–H groups in total. The summed E-state index contributed by atoms with van der Waals surface area (Å²) in [4.78, 5) is 4.15. The van der Waals surface area contributed by atoms with Crippen molar-refractivity contribution in [3.63, 3.8) is 0 Å². The predicted molar refractivity (Wildman–Crippen MR) is 49.9 cm³/mol. The van der Waals surface area contributed by atoms with Gasteiger partial charge in [-0.05, 0) is 19.9 Å². The first-order chi connectivity index (χ1) is 4.88. The summed E-state index contributed by atoms with van der Waals surface area (Å²) in [5, 5.41) is 0. The summed E-state index contributed by atoms with van der Waals surface area (Å²) < 4.78 is 2.10. The highest BCUT2D eigenvalue weighted by atomic mass is 35.5. The maximum Gasteiger partial charge on any atom is 0.132 e. The molecule has 0 saturated carbocycles. The second-order valence-corrected chi connectivity index (χ2v) is 2.07. The van der Waals surface area contributed by atoms with Gasteiger partial charge >= 0.3 is 0 Å². The molecule has 0 unspecified atom stereocenters. The average molecular weight is 173 g/mol. The number of hydrogen-bond acceptors (Lipinski definition) is 1. The van der Waals surface area contributed by atoms with E-state index < -0.39 is 0 Å². The summed E-state index contributed by atoms with van der Waals surface area (Å²) in [6.45, 7) is 5.09. The number of aromatic nitrogens is 2. The van der Waals surface area contributed by atoms with Gasteiger partial charge in [0.2, 0.25) is 0 Å². The van der Waals surface area contributed by atoms with Crippen LogP contribution in [0.25, 0.3) is 6.08 Å². The lowest BCUT2D eigenvalue weighted by Gasteiger charge is -1.97. The van der Waals surface area contributed by atoms with Crippen molar-refractivity contribution in [2.24, 2.45) is 0 Å². The van der Waals surface area contributed by atoms with Crippen LogP contribution in [0.2, 0.25) is 0 Å². The van der Waals surface area contributed by atoms with E-state index in [4.69, 9.17) is 0 Å². The average Bonchev–Trinajstić information content (AvgIpc) is 2.36. The first-order valence-electron chi connectivity index (χ1n) is 3.52. The lowest BCUT2D eigenvalue weighted by atomic mass is 10.5. The molecule has 0 amide bonds. The van der Waals surface area contributed by atoms with Crippen LogP contribution in [0.4, 0.5) is 0 Å². The second-order valence-electron chi connectivity index (χ2n) is 2.07. The molecule has 0 aliphatic heterocycles. The van der Waals surface area contributed by atoms with E-state index in [0.717, 1.165) is 12.4 Å². The molecule has 0 spiro atoms. The number of imidazole rings is 1. The highest BCUT2D eigenvalue weighted by molar-refractivity contribution is 5.85. The van der Waals surface area contributed by atoms with Gasteiger partial charge in [-0.2, -0.15) is 0 Å². The van der Waals surface area contributed by atoms with Gasteiger partial charge in [-0.25, -0.2) is 4.98 Å². The molecule has 2 nitrogen and oxygen atoms in total. The highest BCUT2D eigenvalue weighted by Crippen LogP contribution is 1.98. The molecule has 11 heavy (non-hydrogen) atoms. The molecular formula is C8H13ClN2.